The number of sulfonamides is 1. The zero-order valence-electron chi connectivity index (χ0n) is 15.6. The first-order valence-corrected chi connectivity index (χ1v) is 10.4. The molecule has 1 unspecified atom stereocenters. The van der Waals surface area contributed by atoms with Crippen molar-refractivity contribution in [2.24, 2.45) is 5.92 Å². The first-order valence-electron chi connectivity index (χ1n) is 8.96. The standard InChI is InChI=1S/C18H26N2O6S/c1-13(18(22)23)12-19-17(21)15-11-14(7-8-16(15)26-2)27(24,25)20-9-5-3-4-6-10-20/h7-8,11,13H,3-6,9-10,12H2,1-2H3,(H,19,21)(H,22,23). The van der Waals surface area contributed by atoms with Gasteiger partial charge in [-0.3, -0.25) is 9.59 Å². The molecule has 1 heterocycles. The third-order valence-electron chi connectivity index (χ3n) is 4.61. The summed E-state index contributed by atoms with van der Waals surface area (Å²) in [5.74, 6) is -2.14. The second-order valence-corrected chi connectivity index (χ2v) is 8.57. The van der Waals surface area contributed by atoms with Crippen LogP contribution in [0.15, 0.2) is 23.1 Å². The molecule has 27 heavy (non-hydrogen) atoms. The lowest BCUT2D eigenvalue weighted by Crippen LogP contribution is -2.33. The fourth-order valence-corrected chi connectivity index (χ4v) is 4.43. The lowest BCUT2D eigenvalue weighted by molar-refractivity contribution is -0.140. The van der Waals surface area contributed by atoms with Crippen molar-refractivity contribution in [3.63, 3.8) is 0 Å². The summed E-state index contributed by atoms with van der Waals surface area (Å²) in [5.41, 5.74) is 0.0611. The van der Waals surface area contributed by atoms with Crippen LogP contribution in [0.25, 0.3) is 0 Å². The number of carbonyl (C=O) groups is 2. The number of rotatable bonds is 7. The van der Waals surface area contributed by atoms with Crippen molar-refractivity contribution in [2.45, 2.75) is 37.5 Å². The Hall–Kier alpha value is -2.13. The Morgan fingerprint density at radius 2 is 1.85 bits per heavy atom. The Labute approximate surface area is 159 Å². The van der Waals surface area contributed by atoms with Gasteiger partial charge in [0.1, 0.15) is 5.75 Å². The first-order chi connectivity index (χ1) is 12.8. The lowest BCUT2D eigenvalue weighted by atomic mass is 10.1. The predicted octanol–water partition coefficient (Wildman–Crippen LogP) is 1.71. The van der Waals surface area contributed by atoms with Crippen molar-refractivity contribution in [2.75, 3.05) is 26.7 Å². The van der Waals surface area contributed by atoms with Gasteiger partial charge in [0.25, 0.3) is 5.91 Å². The number of carboxylic acid groups (broad SMARTS) is 1. The average molecular weight is 398 g/mol. The molecule has 1 aromatic rings. The highest BCUT2D eigenvalue weighted by Crippen LogP contribution is 2.26. The number of nitrogens with one attached hydrogen (secondary N) is 1. The lowest BCUT2D eigenvalue weighted by Gasteiger charge is -2.20. The normalized spacial score (nSPS) is 17.0. The van der Waals surface area contributed by atoms with E-state index < -0.39 is 27.8 Å². The summed E-state index contributed by atoms with van der Waals surface area (Å²) in [5, 5.41) is 11.4. The van der Waals surface area contributed by atoms with Crippen molar-refractivity contribution in [3.8, 4) is 5.75 Å². The molecule has 8 nitrogen and oxygen atoms in total. The van der Waals surface area contributed by atoms with Gasteiger partial charge in [0.15, 0.2) is 0 Å². The van der Waals surface area contributed by atoms with Crippen LogP contribution < -0.4 is 10.1 Å². The third-order valence-corrected chi connectivity index (χ3v) is 6.50. The van der Waals surface area contributed by atoms with Gasteiger partial charge in [0, 0.05) is 19.6 Å². The van der Waals surface area contributed by atoms with Gasteiger partial charge in [-0.05, 0) is 31.0 Å². The zero-order valence-corrected chi connectivity index (χ0v) is 16.4. The summed E-state index contributed by atoms with van der Waals surface area (Å²) in [6, 6.07) is 4.16. The largest absolute Gasteiger partial charge is 0.496 e. The molecule has 0 aromatic heterocycles. The second kappa shape index (κ2) is 9.18. The van der Waals surface area contributed by atoms with Crippen LogP contribution in [0.4, 0.5) is 0 Å². The fourth-order valence-electron chi connectivity index (χ4n) is 2.88. The van der Waals surface area contributed by atoms with Gasteiger partial charge in [-0.25, -0.2) is 8.42 Å². The van der Waals surface area contributed by atoms with Crippen LogP contribution in [-0.2, 0) is 14.8 Å². The van der Waals surface area contributed by atoms with Gasteiger partial charge in [-0.2, -0.15) is 4.31 Å². The van der Waals surface area contributed by atoms with Crippen molar-refractivity contribution in [3.05, 3.63) is 23.8 Å². The smallest absolute Gasteiger partial charge is 0.308 e. The highest BCUT2D eigenvalue weighted by molar-refractivity contribution is 7.89. The molecular weight excluding hydrogens is 372 g/mol. The number of ether oxygens (including phenoxy) is 1. The van der Waals surface area contributed by atoms with Crippen molar-refractivity contribution in [1.82, 2.24) is 9.62 Å². The molecule has 0 saturated carbocycles. The Kier molecular flexibility index (Phi) is 7.20. The minimum absolute atomic E-state index is 0.0293. The van der Waals surface area contributed by atoms with E-state index in [1.165, 1.54) is 36.5 Å². The molecule has 9 heteroatoms. The van der Waals surface area contributed by atoms with E-state index in [9.17, 15) is 18.0 Å². The third kappa shape index (κ3) is 5.20. The molecule has 0 aliphatic carbocycles. The van der Waals surface area contributed by atoms with Crippen LogP contribution in [0.5, 0.6) is 5.75 Å². The SMILES string of the molecule is COc1ccc(S(=O)(=O)N2CCCCCC2)cc1C(=O)NCC(C)C(=O)O. The van der Waals surface area contributed by atoms with E-state index in [0.29, 0.717) is 13.1 Å². The summed E-state index contributed by atoms with van der Waals surface area (Å²) in [6.45, 7) is 2.33. The van der Waals surface area contributed by atoms with E-state index in [1.54, 1.807) is 0 Å². The molecule has 1 aliphatic rings. The van der Waals surface area contributed by atoms with Gasteiger partial charge in [0.2, 0.25) is 10.0 Å². The highest BCUT2D eigenvalue weighted by Gasteiger charge is 2.27. The zero-order chi connectivity index (χ0) is 20.0. The molecule has 1 saturated heterocycles. The molecule has 0 bridgehead atoms. The maximum Gasteiger partial charge on any atom is 0.308 e. The molecule has 2 rings (SSSR count). The minimum atomic E-state index is -3.71. The number of nitrogens with zero attached hydrogens (tertiary/aromatic N) is 1. The number of hydrogen-bond donors (Lipinski definition) is 2. The topological polar surface area (TPSA) is 113 Å². The Morgan fingerprint density at radius 3 is 2.41 bits per heavy atom. The predicted molar refractivity (Wildman–Crippen MR) is 99.4 cm³/mol. The van der Waals surface area contributed by atoms with Crippen LogP contribution in [0.1, 0.15) is 43.0 Å². The van der Waals surface area contributed by atoms with Crippen LogP contribution in [0.3, 0.4) is 0 Å². The van der Waals surface area contributed by atoms with Crippen molar-refractivity contribution >= 4 is 21.9 Å². The number of aliphatic carboxylic acids is 1. The van der Waals surface area contributed by atoms with Crippen LogP contribution in [0, 0.1) is 5.92 Å². The Bertz CT molecular complexity index is 785. The van der Waals surface area contributed by atoms with Crippen LogP contribution in [0.2, 0.25) is 0 Å². The number of carboxylic acids is 1. The van der Waals surface area contributed by atoms with Gasteiger partial charge in [-0.1, -0.05) is 19.8 Å². The molecule has 1 fully saturated rings. The first kappa shape index (κ1) is 21.2. The van der Waals surface area contributed by atoms with E-state index in [-0.39, 0.29) is 22.8 Å². The molecule has 1 amide bonds. The summed E-state index contributed by atoms with van der Waals surface area (Å²) < 4.78 is 32.5. The van der Waals surface area contributed by atoms with E-state index in [2.05, 4.69) is 5.32 Å². The summed E-state index contributed by atoms with van der Waals surface area (Å²) >= 11 is 0. The second-order valence-electron chi connectivity index (χ2n) is 6.63. The molecule has 1 aliphatic heterocycles. The Balaban J connectivity index is 2.28. The van der Waals surface area contributed by atoms with Gasteiger partial charge >= 0.3 is 5.97 Å². The fraction of sp³-hybridized carbons (Fsp3) is 0.556. The van der Waals surface area contributed by atoms with E-state index in [4.69, 9.17) is 9.84 Å². The molecular formula is C18H26N2O6S. The molecule has 1 aromatic carbocycles. The van der Waals surface area contributed by atoms with Gasteiger partial charge in [0.05, 0.1) is 23.5 Å². The molecule has 150 valence electrons. The van der Waals surface area contributed by atoms with Crippen molar-refractivity contribution in [1.29, 1.82) is 0 Å². The number of hydrogen-bond acceptors (Lipinski definition) is 5. The monoisotopic (exact) mass is 398 g/mol. The average Bonchev–Trinajstić information content (AvgIpc) is 2.95. The summed E-state index contributed by atoms with van der Waals surface area (Å²) in [7, 11) is -2.32. The number of amides is 1. The molecule has 0 spiro atoms. The summed E-state index contributed by atoms with van der Waals surface area (Å²) in [6.07, 6.45) is 3.64. The van der Waals surface area contributed by atoms with Crippen LogP contribution >= 0.6 is 0 Å². The van der Waals surface area contributed by atoms with Gasteiger partial charge < -0.3 is 15.2 Å². The highest BCUT2D eigenvalue weighted by atomic mass is 32.2. The minimum Gasteiger partial charge on any atom is -0.496 e. The van der Waals surface area contributed by atoms with E-state index >= 15 is 0 Å². The molecule has 2 N–H and O–H groups in total. The van der Waals surface area contributed by atoms with Gasteiger partial charge in [-0.15, -0.1) is 0 Å². The maximum atomic E-state index is 12.9. The number of methoxy groups -OCH3 is 1. The number of benzene rings is 1. The molecule has 0 radical (unpaired) electrons. The molecule has 1 atom stereocenters. The number of carbonyl (C=O) groups excluding carboxylic acids is 1. The van der Waals surface area contributed by atoms with E-state index in [0.717, 1.165) is 25.7 Å². The van der Waals surface area contributed by atoms with Crippen molar-refractivity contribution < 1.29 is 27.9 Å². The maximum absolute atomic E-state index is 12.9. The summed E-state index contributed by atoms with van der Waals surface area (Å²) in [4.78, 5) is 23.4. The quantitative estimate of drug-likeness (QED) is 0.723. The van der Waals surface area contributed by atoms with Crippen LogP contribution in [-0.4, -0.2) is 56.5 Å². The van der Waals surface area contributed by atoms with E-state index in [1.807, 2.05) is 0 Å². The Morgan fingerprint density at radius 1 is 1.22 bits per heavy atom.